The number of benzene rings is 1. The lowest BCUT2D eigenvalue weighted by atomic mass is 10.2. The van der Waals surface area contributed by atoms with Gasteiger partial charge in [-0.15, -0.1) is 5.10 Å². The number of H-pyrrole nitrogens is 1. The first-order chi connectivity index (χ1) is 11.2. The lowest BCUT2D eigenvalue weighted by molar-refractivity contribution is 0.393. The summed E-state index contributed by atoms with van der Waals surface area (Å²) >= 11 is 1.48. The second kappa shape index (κ2) is 6.74. The van der Waals surface area contributed by atoms with E-state index in [2.05, 4.69) is 20.3 Å². The Hall–Kier alpha value is -2.48. The fourth-order valence-corrected chi connectivity index (χ4v) is 2.73. The van der Waals surface area contributed by atoms with Gasteiger partial charge in [0.25, 0.3) is 0 Å². The van der Waals surface area contributed by atoms with Crippen LogP contribution in [-0.2, 0) is 5.75 Å². The van der Waals surface area contributed by atoms with Gasteiger partial charge in [0.1, 0.15) is 17.3 Å². The van der Waals surface area contributed by atoms with Crippen LogP contribution in [0.2, 0.25) is 0 Å². The molecule has 8 heteroatoms. The van der Waals surface area contributed by atoms with Crippen LogP contribution in [0.25, 0.3) is 11.4 Å². The summed E-state index contributed by atoms with van der Waals surface area (Å²) in [5.41, 5.74) is 1.69. The molecule has 0 fully saturated rings. The summed E-state index contributed by atoms with van der Waals surface area (Å²) in [6, 6.07) is 7.44. The zero-order valence-corrected chi connectivity index (χ0v) is 13.8. The Balaban J connectivity index is 1.76. The number of aromatic nitrogens is 4. The van der Waals surface area contributed by atoms with Crippen LogP contribution in [0.1, 0.15) is 11.5 Å². The van der Waals surface area contributed by atoms with E-state index >= 15 is 0 Å². The van der Waals surface area contributed by atoms with Gasteiger partial charge >= 0.3 is 0 Å². The second-order valence-corrected chi connectivity index (χ2v) is 5.69. The van der Waals surface area contributed by atoms with Crippen LogP contribution in [0.5, 0.6) is 11.5 Å². The highest BCUT2D eigenvalue weighted by atomic mass is 32.2. The normalized spacial score (nSPS) is 10.7. The monoisotopic (exact) mass is 332 g/mol. The van der Waals surface area contributed by atoms with Gasteiger partial charge in [0.2, 0.25) is 5.16 Å². The van der Waals surface area contributed by atoms with Gasteiger partial charge in [-0.3, -0.25) is 5.10 Å². The Morgan fingerprint density at radius 2 is 2.09 bits per heavy atom. The van der Waals surface area contributed by atoms with Crippen molar-refractivity contribution in [2.45, 2.75) is 17.8 Å². The highest BCUT2D eigenvalue weighted by Crippen LogP contribution is 2.32. The molecule has 2 heterocycles. The molecule has 0 bridgehead atoms. The zero-order chi connectivity index (χ0) is 16.2. The summed E-state index contributed by atoms with van der Waals surface area (Å²) < 4.78 is 15.6. The molecule has 0 aliphatic rings. The van der Waals surface area contributed by atoms with Crippen molar-refractivity contribution in [3.63, 3.8) is 0 Å². The third-order valence-corrected chi connectivity index (χ3v) is 4.04. The van der Waals surface area contributed by atoms with E-state index < -0.39 is 0 Å². The Kier molecular flexibility index (Phi) is 4.52. The van der Waals surface area contributed by atoms with Crippen molar-refractivity contribution in [2.24, 2.45) is 0 Å². The minimum Gasteiger partial charge on any atom is -0.497 e. The summed E-state index contributed by atoms with van der Waals surface area (Å²) in [4.78, 5) is 4.48. The van der Waals surface area contributed by atoms with Gasteiger partial charge in [0.15, 0.2) is 5.82 Å². The van der Waals surface area contributed by atoms with Gasteiger partial charge < -0.3 is 14.0 Å². The van der Waals surface area contributed by atoms with E-state index in [0.29, 0.717) is 22.5 Å². The highest BCUT2D eigenvalue weighted by Gasteiger charge is 2.13. The molecule has 120 valence electrons. The van der Waals surface area contributed by atoms with Crippen molar-refractivity contribution in [1.29, 1.82) is 0 Å². The van der Waals surface area contributed by atoms with E-state index in [9.17, 15) is 0 Å². The standard InChI is InChI=1S/C15H16N4O3S/c1-9-6-10(19-22-9)8-23-15-16-14(17-18-15)12-5-4-11(20-2)7-13(12)21-3/h4-7H,8H2,1-3H3,(H,16,17,18). The maximum atomic E-state index is 5.39. The van der Waals surface area contributed by atoms with Crippen molar-refractivity contribution < 1.29 is 14.0 Å². The molecule has 3 aromatic rings. The summed E-state index contributed by atoms with van der Waals surface area (Å²) in [5.74, 6) is 3.47. The largest absolute Gasteiger partial charge is 0.497 e. The van der Waals surface area contributed by atoms with Gasteiger partial charge in [-0.2, -0.15) is 0 Å². The van der Waals surface area contributed by atoms with Crippen molar-refractivity contribution in [3.05, 3.63) is 35.7 Å². The fraction of sp³-hybridized carbons (Fsp3) is 0.267. The van der Waals surface area contributed by atoms with Gasteiger partial charge in [0.05, 0.1) is 25.5 Å². The zero-order valence-electron chi connectivity index (χ0n) is 13.0. The third-order valence-electron chi connectivity index (χ3n) is 3.15. The molecular formula is C15H16N4O3S. The molecule has 0 radical (unpaired) electrons. The number of hydrogen-bond donors (Lipinski definition) is 1. The number of methoxy groups -OCH3 is 2. The minimum atomic E-state index is 0.638. The molecule has 0 aliphatic carbocycles. The van der Waals surface area contributed by atoms with Crippen LogP contribution in [0.15, 0.2) is 33.9 Å². The molecule has 3 rings (SSSR count). The van der Waals surface area contributed by atoms with Gasteiger partial charge in [-0.05, 0) is 19.1 Å². The first-order valence-corrected chi connectivity index (χ1v) is 7.88. The first kappa shape index (κ1) is 15.4. The molecule has 1 aromatic carbocycles. The predicted molar refractivity (Wildman–Crippen MR) is 85.7 cm³/mol. The van der Waals surface area contributed by atoms with Crippen molar-refractivity contribution in [3.8, 4) is 22.9 Å². The van der Waals surface area contributed by atoms with Crippen molar-refractivity contribution in [2.75, 3.05) is 14.2 Å². The van der Waals surface area contributed by atoms with Gasteiger partial charge in [0, 0.05) is 17.9 Å². The molecule has 0 saturated carbocycles. The average Bonchev–Trinajstić information content (AvgIpc) is 3.21. The Morgan fingerprint density at radius 1 is 1.22 bits per heavy atom. The maximum Gasteiger partial charge on any atom is 0.209 e. The summed E-state index contributed by atoms with van der Waals surface area (Å²) in [6.45, 7) is 1.86. The number of ether oxygens (including phenoxy) is 2. The molecule has 1 N–H and O–H groups in total. The number of hydrogen-bond acceptors (Lipinski definition) is 7. The maximum absolute atomic E-state index is 5.39. The number of aromatic amines is 1. The Bertz CT molecular complexity index is 800. The van der Waals surface area contributed by atoms with E-state index in [0.717, 1.165) is 22.8 Å². The number of thioether (sulfide) groups is 1. The topological polar surface area (TPSA) is 86.1 Å². The molecule has 0 amide bonds. The van der Waals surface area contributed by atoms with E-state index in [1.165, 1.54) is 11.8 Å². The fourth-order valence-electron chi connectivity index (χ4n) is 2.05. The molecule has 7 nitrogen and oxygen atoms in total. The van der Waals surface area contributed by atoms with E-state index in [4.69, 9.17) is 14.0 Å². The summed E-state index contributed by atoms with van der Waals surface area (Å²) in [6.07, 6.45) is 0. The van der Waals surface area contributed by atoms with E-state index in [1.807, 2.05) is 31.2 Å². The molecule has 0 spiro atoms. The van der Waals surface area contributed by atoms with Crippen LogP contribution in [0.3, 0.4) is 0 Å². The van der Waals surface area contributed by atoms with Gasteiger partial charge in [-0.25, -0.2) is 4.98 Å². The molecule has 2 aromatic heterocycles. The molecular weight excluding hydrogens is 316 g/mol. The van der Waals surface area contributed by atoms with Crippen LogP contribution >= 0.6 is 11.8 Å². The lowest BCUT2D eigenvalue weighted by Gasteiger charge is -2.07. The predicted octanol–water partition coefficient (Wildman–Crippen LogP) is 3.08. The minimum absolute atomic E-state index is 0.638. The summed E-state index contributed by atoms with van der Waals surface area (Å²) in [5, 5.41) is 11.7. The lowest BCUT2D eigenvalue weighted by Crippen LogP contribution is -1.91. The van der Waals surface area contributed by atoms with Crippen LogP contribution < -0.4 is 9.47 Å². The highest BCUT2D eigenvalue weighted by molar-refractivity contribution is 7.98. The van der Waals surface area contributed by atoms with Crippen molar-refractivity contribution >= 4 is 11.8 Å². The van der Waals surface area contributed by atoms with E-state index in [1.54, 1.807) is 14.2 Å². The SMILES string of the molecule is COc1ccc(-c2nc(SCc3cc(C)on3)n[nH]2)c(OC)c1. The second-order valence-electron chi connectivity index (χ2n) is 4.75. The van der Waals surface area contributed by atoms with Gasteiger partial charge in [-0.1, -0.05) is 16.9 Å². The number of nitrogens with one attached hydrogen (secondary N) is 1. The Morgan fingerprint density at radius 3 is 2.78 bits per heavy atom. The third kappa shape index (κ3) is 3.48. The van der Waals surface area contributed by atoms with E-state index in [-0.39, 0.29) is 0 Å². The average molecular weight is 332 g/mol. The number of rotatable bonds is 6. The Labute approximate surface area is 137 Å². The molecule has 0 atom stereocenters. The molecule has 23 heavy (non-hydrogen) atoms. The molecule has 0 aliphatic heterocycles. The quantitative estimate of drug-likeness (QED) is 0.694. The first-order valence-electron chi connectivity index (χ1n) is 6.89. The van der Waals surface area contributed by atoms with Crippen molar-refractivity contribution in [1.82, 2.24) is 20.3 Å². The van der Waals surface area contributed by atoms with Crippen LogP contribution in [0, 0.1) is 6.92 Å². The molecule has 0 saturated heterocycles. The summed E-state index contributed by atoms with van der Waals surface area (Å²) in [7, 11) is 3.22. The van der Waals surface area contributed by atoms with Crippen LogP contribution in [0.4, 0.5) is 0 Å². The number of aryl methyl sites for hydroxylation is 1. The molecule has 0 unspecified atom stereocenters. The number of nitrogens with zero attached hydrogens (tertiary/aromatic N) is 3. The smallest absolute Gasteiger partial charge is 0.209 e. The van der Waals surface area contributed by atoms with Crippen LogP contribution in [-0.4, -0.2) is 34.6 Å².